The van der Waals surface area contributed by atoms with E-state index in [1.807, 2.05) is 0 Å². The molecular formula is C10H16ClN3OS. The number of halogens is 1. The molecule has 0 atom stereocenters. The average molecular weight is 262 g/mol. The Labute approximate surface area is 104 Å². The fourth-order valence-corrected chi connectivity index (χ4v) is 1.89. The number of thiazole rings is 1. The predicted molar refractivity (Wildman–Crippen MR) is 68.1 cm³/mol. The molecule has 0 aliphatic rings. The van der Waals surface area contributed by atoms with Crippen molar-refractivity contribution in [3.63, 3.8) is 0 Å². The van der Waals surface area contributed by atoms with Crippen LogP contribution in [0.2, 0.25) is 5.15 Å². The molecule has 1 aromatic rings. The normalized spacial score (nSPS) is 10.5. The Balaban J connectivity index is 2.13. The van der Waals surface area contributed by atoms with E-state index in [4.69, 9.17) is 11.6 Å². The number of carbonyl (C=O) groups excluding carboxylic acids is 1. The summed E-state index contributed by atoms with van der Waals surface area (Å²) in [4.78, 5) is 15.4. The third-order valence-electron chi connectivity index (χ3n) is 1.81. The van der Waals surface area contributed by atoms with E-state index in [1.54, 1.807) is 5.38 Å². The average Bonchev–Trinajstić information content (AvgIpc) is 2.61. The fraction of sp³-hybridized carbons (Fsp3) is 0.600. The summed E-state index contributed by atoms with van der Waals surface area (Å²) in [7, 11) is 0. The third kappa shape index (κ3) is 5.32. The zero-order chi connectivity index (χ0) is 12.0. The van der Waals surface area contributed by atoms with E-state index in [1.165, 1.54) is 11.3 Å². The molecule has 16 heavy (non-hydrogen) atoms. The van der Waals surface area contributed by atoms with Gasteiger partial charge in [0.2, 0.25) is 5.91 Å². The van der Waals surface area contributed by atoms with Gasteiger partial charge in [-0.15, -0.1) is 11.3 Å². The molecule has 6 heteroatoms. The fourth-order valence-electron chi connectivity index (χ4n) is 1.02. The van der Waals surface area contributed by atoms with Crippen LogP contribution >= 0.6 is 22.9 Å². The van der Waals surface area contributed by atoms with Crippen molar-refractivity contribution in [1.82, 2.24) is 10.3 Å². The van der Waals surface area contributed by atoms with Gasteiger partial charge in [-0.05, 0) is 5.92 Å². The van der Waals surface area contributed by atoms with Gasteiger partial charge >= 0.3 is 0 Å². The highest BCUT2D eigenvalue weighted by atomic mass is 35.5. The van der Waals surface area contributed by atoms with Crippen LogP contribution < -0.4 is 10.6 Å². The minimum absolute atomic E-state index is 0.0591. The molecule has 0 unspecified atom stereocenters. The Morgan fingerprint density at radius 1 is 1.62 bits per heavy atom. The number of carbonyl (C=O) groups is 1. The lowest BCUT2D eigenvalue weighted by Gasteiger charge is -2.07. The van der Waals surface area contributed by atoms with Gasteiger partial charge in [0.05, 0.1) is 0 Å². The molecule has 0 bridgehead atoms. The van der Waals surface area contributed by atoms with Crippen molar-refractivity contribution in [2.75, 3.05) is 18.4 Å². The van der Waals surface area contributed by atoms with Gasteiger partial charge in [0.15, 0.2) is 5.13 Å². The number of hydrogen-bond donors (Lipinski definition) is 2. The summed E-state index contributed by atoms with van der Waals surface area (Å²) >= 11 is 7.10. The second-order valence-corrected chi connectivity index (χ2v) is 5.10. The number of amides is 1. The van der Waals surface area contributed by atoms with Crippen LogP contribution in [0.15, 0.2) is 5.38 Å². The zero-order valence-electron chi connectivity index (χ0n) is 9.42. The van der Waals surface area contributed by atoms with Gasteiger partial charge in [-0.25, -0.2) is 4.98 Å². The van der Waals surface area contributed by atoms with E-state index in [0.717, 1.165) is 11.7 Å². The topological polar surface area (TPSA) is 54.0 Å². The molecule has 0 radical (unpaired) electrons. The van der Waals surface area contributed by atoms with Crippen LogP contribution in [-0.2, 0) is 4.79 Å². The van der Waals surface area contributed by atoms with E-state index in [9.17, 15) is 4.79 Å². The largest absolute Gasteiger partial charge is 0.361 e. The maximum atomic E-state index is 11.3. The third-order valence-corrected chi connectivity index (χ3v) is 2.93. The van der Waals surface area contributed by atoms with Crippen LogP contribution in [0.4, 0.5) is 5.13 Å². The minimum Gasteiger partial charge on any atom is -0.361 e. The van der Waals surface area contributed by atoms with Gasteiger partial charge in [0.25, 0.3) is 0 Å². The summed E-state index contributed by atoms with van der Waals surface area (Å²) in [6.07, 6.45) is 0.448. The SMILES string of the molecule is CC(C)CNC(=O)CCNc1nc(Cl)cs1. The highest BCUT2D eigenvalue weighted by molar-refractivity contribution is 7.14. The Bertz CT molecular complexity index is 341. The standard InChI is InChI=1S/C10H16ClN3OS/c1-7(2)5-13-9(15)3-4-12-10-14-8(11)6-16-10/h6-7H,3-5H2,1-2H3,(H,12,14)(H,13,15). The van der Waals surface area contributed by atoms with E-state index >= 15 is 0 Å². The second-order valence-electron chi connectivity index (χ2n) is 3.85. The monoisotopic (exact) mass is 261 g/mol. The molecule has 2 N–H and O–H groups in total. The summed E-state index contributed by atoms with van der Waals surface area (Å²) in [6.45, 7) is 5.43. The van der Waals surface area contributed by atoms with Crippen LogP contribution in [0.1, 0.15) is 20.3 Å². The molecule has 1 aromatic heterocycles. The van der Waals surface area contributed by atoms with Crippen molar-refractivity contribution in [2.24, 2.45) is 5.92 Å². The molecule has 0 saturated heterocycles. The first-order valence-electron chi connectivity index (χ1n) is 5.19. The van der Waals surface area contributed by atoms with Crippen LogP contribution in [-0.4, -0.2) is 24.0 Å². The van der Waals surface area contributed by atoms with E-state index in [-0.39, 0.29) is 5.91 Å². The van der Waals surface area contributed by atoms with Crippen molar-refractivity contribution in [1.29, 1.82) is 0 Å². The first-order chi connectivity index (χ1) is 7.58. The Hall–Kier alpha value is -0.810. The van der Waals surface area contributed by atoms with Gasteiger partial charge in [0.1, 0.15) is 5.15 Å². The number of rotatable bonds is 6. The molecule has 1 amide bonds. The molecule has 90 valence electrons. The van der Waals surface area contributed by atoms with Crippen molar-refractivity contribution >= 4 is 34.0 Å². The lowest BCUT2D eigenvalue weighted by atomic mass is 10.2. The predicted octanol–water partition coefficient (Wildman–Crippen LogP) is 2.37. The first kappa shape index (κ1) is 13.3. The van der Waals surface area contributed by atoms with Crippen molar-refractivity contribution in [3.05, 3.63) is 10.5 Å². The van der Waals surface area contributed by atoms with E-state index in [2.05, 4.69) is 29.5 Å². The minimum atomic E-state index is 0.0591. The van der Waals surface area contributed by atoms with Gasteiger partial charge in [-0.2, -0.15) is 0 Å². The van der Waals surface area contributed by atoms with Gasteiger partial charge in [-0.1, -0.05) is 25.4 Å². The quantitative estimate of drug-likeness (QED) is 0.827. The Kier molecular flexibility index (Phi) is 5.55. The number of hydrogen-bond acceptors (Lipinski definition) is 4. The number of nitrogens with zero attached hydrogens (tertiary/aromatic N) is 1. The summed E-state index contributed by atoms with van der Waals surface area (Å²) in [5.74, 6) is 0.540. The zero-order valence-corrected chi connectivity index (χ0v) is 11.0. The van der Waals surface area contributed by atoms with E-state index in [0.29, 0.717) is 24.0 Å². The molecule has 0 aromatic carbocycles. The molecule has 1 rings (SSSR count). The lowest BCUT2D eigenvalue weighted by molar-refractivity contribution is -0.120. The molecule has 0 saturated carbocycles. The number of anilines is 1. The summed E-state index contributed by atoms with van der Waals surface area (Å²) in [5.41, 5.74) is 0. The molecular weight excluding hydrogens is 246 g/mol. The van der Waals surface area contributed by atoms with Crippen molar-refractivity contribution in [2.45, 2.75) is 20.3 Å². The van der Waals surface area contributed by atoms with Gasteiger partial charge in [-0.3, -0.25) is 4.79 Å². The first-order valence-corrected chi connectivity index (χ1v) is 6.45. The molecule has 4 nitrogen and oxygen atoms in total. The van der Waals surface area contributed by atoms with E-state index < -0.39 is 0 Å². The second kappa shape index (κ2) is 6.70. The molecule has 0 spiro atoms. The maximum absolute atomic E-state index is 11.3. The highest BCUT2D eigenvalue weighted by Crippen LogP contribution is 2.18. The lowest BCUT2D eigenvalue weighted by Crippen LogP contribution is -2.28. The number of nitrogens with one attached hydrogen (secondary N) is 2. The van der Waals surface area contributed by atoms with Gasteiger partial charge in [0, 0.05) is 24.9 Å². The van der Waals surface area contributed by atoms with Crippen molar-refractivity contribution < 1.29 is 4.79 Å². The molecule has 1 heterocycles. The number of aromatic nitrogens is 1. The Morgan fingerprint density at radius 2 is 2.38 bits per heavy atom. The van der Waals surface area contributed by atoms with Crippen molar-refractivity contribution in [3.8, 4) is 0 Å². The van der Waals surface area contributed by atoms with Gasteiger partial charge < -0.3 is 10.6 Å². The van der Waals surface area contributed by atoms with Crippen LogP contribution in [0.3, 0.4) is 0 Å². The van der Waals surface area contributed by atoms with Crippen LogP contribution in [0.5, 0.6) is 0 Å². The summed E-state index contributed by atoms with van der Waals surface area (Å²) in [5, 5.41) is 8.89. The summed E-state index contributed by atoms with van der Waals surface area (Å²) in [6, 6.07) is 0. The molecule has 0 aliphatic carbocycles. The maximum Gasteiger partial charge on any atom is 0.221 e. The summed E-state index contributed by atoms with van der Waals surface area (Å²) < 4.78 is 0. The smallest absolute Gasteiger partial charge is 0.221 e. The highest BCUT2D eigenvalue weighted by Gasteiger charge is 2.03. The van der Waals surface area contributed by atoms with Crippen LogP contribution in [0.25, 0.3) is 0 Å². The molecule has 0 fully saturated rings. The molecule has 0 aliphatic heterocycles. The van der Waals surface area contributed by atoms with Crippen LogP contribution in [0, 0.1) is 5.92 Å². The Morgan fingerprint density at radius 3 is 2.94 bits per heavy atom.